The van der Waals surface area contributed by atoms with Crippen LogP contribution in [0.5, 0.6) is 0 Å². The fraction of sp³-hybridized carbons (Fsp3) is 0.818. The van der Waals surface area contributed by atoms with Crippen molar-refractivity contribution in [2.45, 2.75) is 45.6 Å². The molecular formula is C11H21N3OS. The molecule has 1 atom stereocenters. The molecule has 0 radical (unpaired) electrons. The summed E-state index contributed by atoms with van der Waals surface area (Å²) in [5, 5.41) is 4.23. The number of rotatable bonds is 5. The average molecular weight is 243 g/mol. The van der Waals surface area contributed by atoms with E-state index in [4.69, 9.17) is 4.74 Å². The minimum atomic E-state index is 0.0133. The van der Waals surface area contributed by atoms with Crippen molar-refractivity contribution in [3.05, 3.63) is 5.82 Å². The molecule has 0 saturated heterocycles. The van der Waals surface area contributed by atoms with E-state index < -0.39 is 0 Å². The van der Waals surface area contributed by atoms with Gasteiger partial charge in [-0.05, 0) is 6.42 Å². The molecule has 0 bridgehead atoms. The van der Waals surface area contributed by atoms with Gasteiger partial charge < -0.3 is 10.1 Å². The molecule has 1 rings (SSSR count). The van der Waals surface area contributed by atoms with Crippen LogP contribution in [0.15, 0.2) is 0 Å². The lowest BCUT2D eigenvalue weighted by molar-refractivity contribution is 0.184. The molecule has 1 heterocycles. The molecule has 0 aliphatic heterocycles. The fourth-order valence-corrected chi connectivity index (χ4v) is 2.06. The maximum atomic E-state index is 5.14. The van der Waals surface area contributed by atoms with Crippen molar-refractivity contribution in [3.63, 3.8) is 0 Å². The lowest BCUT2D eigenvalue weighted by atomic mass is 9.96. The first-order chi connectivity index (χ1) is 7.47. The summed E-state index contributed by atoms with van der Waals surface area (Å²) < 4.78 is 9.50. The van der Waals surface area contributed by atoms with Crippen molar-refractivity contribution in [1.82, 2.24) is 9.36 Å². The van der Waals surface area contributed by atoms with Crippen molar-refractivity contribution < 1.29 is 4.74 Å². The van der Waals surface area contributed by atoms with Crippen molar-refractivity contribution in [2.75, 3.05) is 19.0 Å². The molecule has 5 heteroatoms. The number of ether oxygens (including phenoxy) is 1. The molecule has 1 N–H and O–H groups in total. The van der Waals surface area contributed by atoms with E-state index in [9.17, 15) is 0 Å². The van der Waals surface area contributed by atoms with Gasteiger partial charge in [0.05, 0.1) is 12.6 Å². The van der Waals surface area contributed by atoms with Crippen molar-refractivity contribution in [1.29, 1.82) is 0 Å². The number of methoxy groups -OCH3 is 1. The molecule has 0 aromatic carbocycles. The highest BCUT2D eigenvalue weighted by molar-refractivity contribution is 7.09. The Morgan fingerprint density at radius 1 is 1.44 bits per heavy atom. The van der Waals surface area contributed by atoms with Gasteiger partial charge >= 0.3 is 0 Å². The SMILES string of the molecule is CCC(COC)Nc1nc(C(C)(C)C)ns1. The molecule has 0 fully saturated rings. The van der Waals surface area contributed by atoms with Gasteiger partial charge in [-0.3, -0.25) is 0 Å². The predicted molar refractivity (Wildman–Crippen MR) is 68.2 cm³/mol. The summed E-state index contributed by atoms with van der Waals surface area (Å²) in [4.78, 5) is 4.49. The Hall–Kier alpha value is -0.680. The highest BCUT2D eigenvalue weighted by Crippen LogP contribution is 2.23. The predicted octanol–water partition coefficient (Wildman–Crippen LogP) is 2.67. The first-order valence-electron chi connectivity index (χ1n) is 5.57. The van der Waals surface area contributed by atoms with Gasteiger partial charge in [0, 0.05) is 24.1 Å². The number of aromatic nitrogens is 2. The fourth-order valence-electron chi connectivity index (χ4n) is 1.22. The minimum absolute atomic E-state index is 0.0133. The minimum Gasteiger partial charge on any atom is -0.383 e. The van der Waals surface area contributed by atoms with Gasteiger partial charge in [0.15, 0.2) is 0 Å². The summed E-state index contributed by atoms with van der Waals surface area (Å²) >= 11 is 1.42. The second kappa shape index (κ2) is 5.59. The van der Waals surface area contributed by atoms with Crippen LogP contribution in [0.3, 0.4) is 0 Å². The summed E-state index contributed by atoms with van der Waals surface area (Å²) in [5.41, 5.74) is 0.0133. The molecule has 16 heavy (non-hydrogen) atoms. The second-order valence-corrected chi connectivity index (χ2v) is 5.63. The van der Waals surface area contributed by atoms with E-state index in [0.29, 0.717) is 12.6 Å². The maximum absolute atomic E-state index is 5.14. The van der Waals surface area contributed by atoms with Crippen molar-refractivity contribution in [3.8, 4) is 0 Å². The van der Waals surface area contributed by atoms with Crippen LogP contribution in [0.1, 0.15) is 39.9 Å². The van der Waals surface area contributed by atoms with Gasteiger partial charge in [0.25, 0.3) is 0 Å². The van der Waals surface area contributed by atoms with Gasteiger partial charge in [0.1, 0.15) is 5.82 Å². The van der Waals surface area contributed by atoms with E-state index in [1.54, 1.807) is 7.11 Å². The van der Waals surface area contributed by atoms with E-state index >= 15 is 0 Å². The molecule has 4 nitrogen and oxygen atoms in total. The van der Waals surface area contributed by atoms with Crippen LogP contribution in [0, 0.1) is 0 Å². The van der Waals surface area contributed by atoms with E-state index in [1.807, 2.05) is 0 Å². The van der Waals surface area contributed by atoms with Gasteiger partial charge in [-0.2, -0.15) is 4.37 Å². The smallest absolute Gasteiger partial charge is 0.202 e. The van der Waals surface area contributed by atoms with Crippen LogP contribution in [-0.4, -0.2) is 29.1 Å². The normalized spacial score (nSPS) is 13.8. The summed E-state index contributed by atoms with van der Waals surface area (Å²) in [6.07, 6.45) is 1.01. The molecule has 1 unspecified atom stereocenters. The van der Waals surface area contributed by atoms with Crippen LogP contribution in [0.25, 0.3) is 0 Å². The average Bonchev–Trinajstić information content (AvgIpc) is 2.65. The Kier molecular flexibility index (Phi) is 4.68. The topological polar surface area (TPSA) is 47.0 Å². The molecular weight excluding hydrogens is 222 g/mol. The largest absolute Gasteiger partial charge is 0.383 e. The Balaban J connectivity index is 2.64. The van der Waals surface area contributed by atoms with Crippen LogP contribution >= 0.6 is 11.5 Å². The molecule has 1 aromatic heterocycles. The Bertz CT molecular complexity index is 319. The molecule has 0 aliphatic carbocycles. The summed E-state index contributed by atoms with van der Waals surface area (Å²) in [6, 6.07) is 0.311. The first kappa shape index (κ1) is 13.4. The van der Waals surface area contributed by atoms with Gasteiger partial charge in [-0.1, -0.05) is 27.7 Å². The highest BCUT2D eigenvalue weighted by atomic mass is 32.1. The molecule has 1 aromatic rings. The monoisotopic (exact) mass is 243 g/mol. The number of hydrogen-bond acceptors (Lipinski definition) is 5. The van der Waals surface area contributed by atoms with Gasteiger partial charge in [0.2, 0.25) is 5.13 Å². The van der Waals surface area contributed by atoms with Crippen molar-refractivity contribution >= 4 is 16.7 Å². The van der Waals surface area contributed by atoms with E-state index in [-0.39, 0.29) is 5.41 Å². The zero-order valence-electron chi connectivity index (χ0n) is 10.7. The lowest BCUT2D eigenvalue weighted by Crippen LogP contribution is -2.24. The van der Waals surface area contributed by atoms with Crippen LogP contribution in [0.2, 0.25) is 0 Å². The second-order valence-electron chi connectivity index (χ2n) is 4.88. The molecule has 0 spiro atoms. The van der Waals surface area contributed by atoms with Crippen molar-refractivity contribution in [2.24, 2.45) is 0 Å². The summed E-state index contributed by atoms with van der Waals surface area (Å²) in [7, 11) is 1.71. The third-order valence-electron chi connectivity index (χ3n) is 2.29. The van der Waals surface area contributed by atoms with E-state index in [0.717, 1.165) is 17.4 Å². The number of nitrogens with one attached hydrogen (secondary N) is 1. The number of nitrogens with zero attached hydrogens (tertiary/aromatic N) is 2. The summed E-state index contributed by atoms with van der Waals surface area (Å²) in [5.74, 6) is 0.896. The van der Waals surface area contributed by atoms with Crippen LogP contribution in [0.4, 0.5) is 5.13 Å². The third kappa shape index (κ3) is 3.72. The van der Waals surface area contributed by atoms with Crippen LogP contribution < -0.4 is 5.32 Å². The number of anilines is 1. The zero-order chi connectivity index (χ0) is 12.2. The van der Waals surface area contributed by atoms with Gasteiger partial charge in [-0.15, -0.1) is 0 Å². The lowest BCUT2D eigenvalue weighted by Gasteiger charge is -2.15. The molecule has 92 valence electrons. The van der Waals surface area contributed by atoms with Gasteiger partial charge in [-0.25, -0.2) is 4.98 Å². The number of hydrogen-bond donors (Lipinski definition) is 1. The highest BCUT2D eigenvalue weighted by Gasteiger charge is 2.20. The Morgan fingerprint density at radius 2 is 2.12 bits per heavy atom. The first-order valence-corrected chi connectivity index (χ1v) is 6.34. The molecule has 0 aliphatic rings. The quantitative estimate of drug-likeness (QED) is 0.863. The third-order valence-corrected chi connectivity index (χ3v) is 2.93. The standard InChI is InChI=1S/C11H21N3OS/c1-6-8(7-15-5)12-10-13-9(14-16-10)11(2,3)4/h8H,6-7H2,1-5H3,(H,12,13,14). The Labute approximate surface area is 102 Å². The van der Waals surface area contributed by atoms with E-state index in [2.05, 4.69) is 42.4 Å². The van der Waals surface area contributed by atoms with Crippen LogP contribution in [-0.2, 0) is 10.2 Å². The maximum Gasteiger partial charge on any atom is 0.202 e. The Morgan fingerprint density at radius 3 is 2.56 bits per heavy atom. The van der Waals surface area contributed by atoms with E-state index in [1.165, 1.54) is 11.5 Å². The molecule has 0 saturated carbocycles. The zero-order valence-corrected chi connectivity index (χ0v) is 11.5. The molecule has 0 amide bonds. The summed E-state index contributed by atoms with van der Waals surface area (Å²) in [6.45, 7) is 9.17.